The number of hydrogen-bond donors (Lipinski definition) is 2. The molecule has 0 spiro atoms. The zero-order chi connectivity index (χ0) is 25.2. The topological polar surface area (TPSA) is 118 Å². The number of carbonyl (C=O) groups excluding carboxylic acids is 1. The summed E-state index contributed by atoms with van der Waals surface area (Å²) >= 11 is 0. The van der Waals surface area contributed by atoms with Crippen molar-refractivity contribution in [2.75, 3.05) is 0 Å². The Hall–Kier alpha value is -4.24. The standard InChI is InChI=1S/C26H23N3O5S/c1-16-14-18(3)25(24-22(16)17(2)15-21(30)34-24)35(32,33)29-26(31)28-27-23(19-10-6-4-7-11-19)20-12-8-5-9-13-20/h4-15H,1-3H3,(H2,28,29,31). The molecule has 9 heteroatoms. The molecule has 0 saturated carbocycles. The third kappa shape index (κ3) is 4.99. The van der Waals surface area contributed by atoms with Crippen LogP contribution >= 0.6 is 0 Å². The highest BCUT2D eigenvalue weighted by molar-refractivity contribution is 7.90. The first-order chi connectivity index (χ1) is 16.7. The van der Waals surface area contributed by atoms with Crippen molar-refractivity contribution in [2.24, 2.45) is 5.10 Å². The number of aryl methyl sites for hydroxylation is 3. The van der Waals surface area contributed by atoms with Crippen molar-refractivity contribution in [3.05, 3.63) is 111 Å². The Morgan fingerprint density at radius 3 is 1.94 bits per heavy atom. The van der Waals surface area contributed by atoms with Gasteiger partial charge in [-0.05, 0) is 37.5 Å². The minimum atomic E-state index is -4.41. The Kier molecular flexibility index (Phi) is 6.52. The second-order valence-electron chi connectivity index (χ2n) is 8.03. The molecule has 0 aliphatic rings. The van der Waals surface area contributed by atoms with Crippen LogP contribution in [0, 0.1) is 20.8 Å². The molecule has 0 fully saturated rings. The molecule has 178 valence electrons. The van der Waals surface area contributed by atoms with Crippen LogP contribution in [-0.2, 0) is 10.0 Å². The van der Waals surface area contributed by atoms with Crippen LogP contribution in [0.5, 0.6) is 0 Å². The van der Waals surface area contributed by atoms with E-state index in [1.807, 2.05) is 65.4 Å². The quantitative estimate of drug-likeness (QED) is 0.248. The van der Waals surface area contributed by atoms with Gasteiger partial charge in [0.1, 0.15) is 4.90 Å². The van der Waals surface area contributed by atoms with Crippen LogP contribution in [-0.4, -0.2) is 20.2 Å². The highest BCUT2D eigenvalue weighted by Gasteiger charge is 2.26. The molecule has 4 rings (SSSR count). The second-order valence-corrected chi connectivity index (χ2v) is 9.65. The molecule has 35 heavy (non-hydrogen) atoms. The molecule has 0 bridgehead atoms. The maximum Gasteiger partial charge on any atom is 0.349 e. The summed E-state index contributed by atoms with van der Waals surface area (Å²) in [6, 6.07) is 20.3. The molecule has 1 heterocycles. The summed E-state index contributed by atoms with van der Waals surface area (Å²) in [4.78, 5) is 24.4. The first kappa shape index (κ1) is 23.9. The van der Waals surface area contributed by atoms with Crippen molar-refractivity contribution in [3.63, 3.8) is 0 Å². The Morgan fingerprint density at radius 1 is 0.829 bits per heavy atom. The normalized spacial score (nSPS) is 11.2. The summed E-state index contributed by atoms with van der Waals surface area (Å²) < 4.78 is 33.7. The van der Waals surface area contributed by atoms with E-state index in [-0.39, 0.29) is 10.5 Å². The van der Waals surface area contributed by atoms with Gasteiger partial charge >= 0.3 is 11.7 Å². The lowest BCUT2D eigenvalue weighted by atomic mass is 10.0. The van der Waals surface area contributed by atoms with Crippen LogP contribution in [0.4, 0.5) is 4.79 Å². The van der Waals surface area contributed by atoms with Crippen molar-refractivity contribution in [3.8, 4) is 0 Å². The van der Waals surface area contributed by atoms with Crippen LogP contribution in [0.2, 0.25) is 0 Å². The molecular weight excluding hydrogens is 466 g/mol. The molecule has 0 aliphatic carbocycles. The average Bonchev–Trinajstić information content (AvgIpc) is 2.79. The third-order valence-electron chi connectivity index (χ3n) is 5.41. The molecule has 2 amide bonds. The van der Waals surface area contributed by atoms with Crippen LogP contribution in [0.3, 0.4) is 0 Å². The molecule has 0 aliphatic heterocycles. The summed E-state index contributed by atoms with van der Waals surface area (Å²) in [7, 11) is -4.41. The summed E-state index contributed by atoms with van der Waals surface area (Å²) in [5.74, 6) is 0. The van der Waals surface area contributed by atoms with E-state index >= 15 is 0 Å². The molecule has 8 nitrogen and oxygen atoms in total. The SMILES string of the molecule is Cc1cc(C)c2c(C)cc(=O)oc2c1S(=O)(=O)NC(=O)NN=C(c1ccccc1)c1ccccc1. The lowest BCUT2D eigenvalue weighted by Gasteiger charge is -2.14. The van der Waals surface area contributed by atoms with Crippen molar-refractivity contribution in [1.29, 1.82) is 0 Å². The van der Waals surface area contributed by atoms with Gasteiger partial charge in [-0.3, -0.25) is 0 Å². The van der Waals surface area contributed by atoms with Gasteiger partial charge in [-0.2, -0.15) is 5.10 Å². The van der Waals surface area contributed by atoms with Gasteiger partial charge in [-0.1, -0.05) is 66.7 Å². The lowest BCUT2D eigenvalue weighted by Crippen LogP contribution is -2.38. The van der Waals surface area contributed by atoms with Gasteiger partial charge in [0.2, 0.25) is 0 Å². The summed E-state index contributed by atoms with van der Waals surface area (Å²) in [5, 5.41) is 4.69. The van der Waals surface area contributed by atoms with Crippen molar-refractivity contribution in [1.82, 2.24) is 10.1 Å². The third-order valence-corrected chi connectivity index (χ3v) is 6.91. The Balaban J connectivity index is 1.69. The largest absolute Gasteiger partial charge is 0.421 e. The molecule has 2 N–H and O–H groups in total. The lowest BCUT2D eigenvalue weighted by molar-refractivity contribution is 0.246. The van der Waals surface area contributed by atoms with Gasteiger partial charge in [0.25, 0.3) is 10.0 Å². The van der Waals surface area contributed by atoms with Crippen LogP contribution in [0.25, 0.3) is 11.0 Å². The Bertz CT molecular complexity index is 1570. The van der Waals surface area contributed by atoms with Crippen LogP contribution in [0.1, 0.15) is 27.8 Å². The minimum Gasteiger partial charge on any atom is -0.421 e. The number of nitrogens with one attached hydrogen (secondary N) is 2. The predicted molar refractivity (Wildman–Crippen MR) is 134 cm³/mol. The molecule has 3 aromatic carbocycles. The number of hydrogen-bond acceptors (Lipinski definition) is 6. The zero-order valence-electron chi connectivity index (χ0n) is 19.3. The molecule has 0 radical (unpaired) electrons. The van der Waals surface area contributed by atoms with Crippen LogP contribution < -0.4 is 15.8 Å². The maximum absolute atomic E-state index is 13.2. The van der Waals surface area contributed by atoms with E-state index in [1.54, 1.807) is 26.8 Å². The van der Waals surface area contributed by atoms with E-state index in [0.717, 1.165) is 16.7 Å². The monoisotopic (exact) mass is 489 g/mol. The smallest absolute Gasteiger partial charge is 0.349 e. The number of sulfonamides is 1. The highest BCUT2D eigenvalue weighted by atomic mass is 32.2. The van der Waals surface area contributed by atoms with E-state index in [0.29, 0.717) is 22.2 Å². The average molecular weight is 490 g/mol. The van der Waals surface area contributed by atoms with E-state index < -0.39 is 21.7 Å². The summed E-state index contributed by atoms with van der Waals surface area (Å²) in [6.45, 7) is 5.06. The molecule has 1 aromatic heterocycles. The molecule has 4 aromatic rings. The first-order valence-corrected chi connectivity index (χ1v) is 12.2. The predicted octanol–water partition coefficient (Wildman–Crippen LogP) is 4.16. The number of urea groups is 1. The van der Waals surface area contributed by atoms with Gasteiger partial charge in [0, 0.05) is 22.6 Å². The fraction of sp³-hybridized carbons (Fsp3) is 0.115. The first-order valence-electron chi connectivity index (χ1n) is 10.7. The van der Waals surface area contributed by atoms with E-state index in [2.05, 4.69) is 10.5 Å². The van der Waals surface area contributed by atoms with Crippen LogP contribution in [0.15, 0.2) is 92.0 Å². The van der Waals surface area contributed by atoms with E-state index in [4.69, 9.17) is 4.42 Å². The van der Waals surface area contributed by atoms with Gasteiger partial charge in [-0.25, -0.2) is 28.2 Å². The highest BCUT2D eigenvalue weighted by Crippen LogP contribution is 2.30. The zero-order valence-corrected chi connectivity index (χ0v) is 20.1. The molecule has 0 atom stereocenters. The molecule has 0 saturated heterocycles. The van der Waals surface area contributed by atoms with Crippen molar-refractivity contribution >= 4 is 32.7 Å². The number of fused-ring (bicyclic) bond motifs is 1. The Labute approximate surface area is 202 Å². The fourth-order valence-electron chi connectivity index (χ4n) is 4.02. The van der Waals surface area contributed by atoms with Crippen molar-refractivity contribution < 1.29 is 17.6 Å². The van der Waals surface area contributed by atoms with E-state index in [9.17, 15) is 18.0 Å². The van der Waals surface area contributed by atoms with Gasteiger partial charge in [0.05, 0.1) is 5.71 Å². The maximum atomic E-state index is 13.2. The molecule has 0 unspecified atom stereocenters. The second kappa shape index (κ2) is 9.55. The number of nitrogens with zero attached hydrogens (tertiary/aromatic N) is 1. The van der Waals surface area contributed by atoms with E-state index in [1.165, 1.54) is 6.07 Å². The number of benzene rings is 3. The van der Waals surface area contributed by atoms with Crippen molar-refractivity contribution in [2.45, 2.75) is 25.7 Å². The number of amides is 2. The Morgan fingerprint density at radius 2 is 1.37 bits per heavy atom. The number of rotatable bonds is 5. The fourth-order valence-corrected chi connectivity index (χ4v) is 5.29. The summed E-state index contributed by atoms with van der Waals surface area (Å²) in [6.07, 6.45) is 0. The number of carbonyl (C=O) groups is 1. The minimum absolute atomic E-state index is 0.0921. The van der Waals surface area contributed by atoms with Gasteiger partial charge in [0.15, 0.2) is 5.58 Å². The van der Waals surface area contributed by atoms with Gasteiger partial charge < -0.3 is 4.42 Å². The summed E-state index contributed by atoms with van der Waals surface area (Å²) in [5.41, 5.74) is 5.09. The van der Waals surface area contributed by atoms with Gasteiger partial charge in [-0.15, -0.1) is 0 Å². The number of hydrazone groups is 1. The molecular formula is C26H23N3O5S.